The molecule has 3 rings (SSSR count). The second kappa shape index (κ2) is 8.10. The molecule has 1 N–H and O–H groups in total. The van der Waals surface area contributed by atoms with Crippen LogP contribution in [0.15, 0.2) is 30.3 Å². The summed E-state index contributed by atoms with van der Waals surface area (Å²) in [5.74, 6) is -0.728. The maximum atomic E-state index is 14.0. The molecule has 1 aromatic heterocycles. The number of halogens is 1. The number of piperidine rings is 1. The van der Waals surface area contributed by atoms with Crippen molar-refractivity contribution in [1.82, 2.24) is 14.8 Å². The summed E-state index contributed by atoms with van der Waals surface area (Å²) in [5, 5.41) is 9.83. The SMILES string of the molecule is CN(C)[C@H]1CCN(Cc2ccc3cccc(F)c3n2)C[C@H]1CCC(=O)O. The number of nitrogens with zero attached hydrogens (tertiary/aromatic N) is 3. The number of carboxylic acid groups (broad SMARTS) is 1. The summed E-state index contributed by atoms with van der Waals surface area (Å²) in [7, 11) is 4.11. The number of aromatic nitrogens is 1. The van der Waals surface area contributed by atoms with Crippen molar-refractivity contribution in [1.29, 1.82) is 0 Å². The van der Waals surface area contributed by atoms with Crippen molar-refractivity contribution in [2.75, 3.05) is 27.2 Å². The van der Waals surface area contributed by atoms with Crippen molar-refractivity contribution < 1.29 is 14.3 Å². The summed E-state index contributed by atoms with van der Waals surface area (Å²) in [6.07, 6.45) is 1.87. The summed E-state index contributed by atoms with van der Waals surface area (Å²) in [6.45, 7) is 2.44. The largest absolute Gasteiger partial charge is 0.481 e. The van der Waals surface area contributed by atoms with E-state index in [0.717, 1.165) is 30.6 Å². The standard InChI is InChI=1S/C20H26FN3O2/c1-23(2)18-10-11-24(12-15(18)7-9-19(25)26)13-16-8-6-14-4-3-5-17(21)20(14)22-16/h3-6,8,15,18H,7,9-13H2,1-2H3,(H,25,26)/t15-,18+/m1/s1. The van der Waals surface area contributed by atoms with Gasteiger partial charge in [0.1, 0.15) is 11.3 Å². The summed E-state index contributed by atoms with van der Waals surface area (Å²) >= 11 is 0. The van der Waals surface area contributed by atoms with Gasteiger partial charge in [0.25, 0.3) is 0 Å². The van der Waals surface area contributed by atoms with E-state index in [-0.39, 0.29) is 12.2 Å². The predicted octanol–water partition coefficient (Wildman–Crippen LogP) is 2.99. The first-order valence-corrected chi connectivity index (χ1v) is 9.09. The van der Waals surface area contributed by atoms with Gasteiger partial charge in [0.05, 0.1) is 5.69 Å². The minimum atomic E-state index is -0.744. The van der Waals surface area contributed by atoms with Crippen LogP contribution < -0.4 is 0 Å². The van der Waals surface area contributed by atoms with Crippen molar-refractivity contribution in [3.05, 3.63) is 41.8 Å². The minimum Gasteiger partial charge on any atom is -0.481 e. The Bertz CT molecular complexity index is 781. The lowest BCUT2D eigenvalue weighted by Gasteiger charge is -2.41. The van der Waals surface area contributed by atoms with Gasteiger partial charge in [-0.05, 0) is 45.0 Å². The number of likely N-dealkylation sites (tertiary alicyclic amines) is 1. The van der Waals surface area contributed by atoms with Crippen LogP contribution in [0.5, 0.6) is 0 Å². The highest BCUT2D eigenvalue weighted by atomic mass is 19.1. The van der Waals surface area contributed by atoms with Crippen LogP contribution in [0.25, 0.3) is 10.9 Å². The summed E-state index contributed by atoms with van der Waals surface area (Å²) in [4.78, 5) is 20.0. The number of benzene rings is 1. The third-order valence-electron chi connectivity index (χ3n) is 5.28. The van der Waals surface area contributed by atoms with Gasteiger partial charge in [-0.1, -0.05) is 18.2 Å². The van der Waals surface area contributed by atoms with Crippen LogP contribution in [0, 0.1) is 11.7 Å². The lowest BCUT2D eigenvalue weighted by atomic mass is 9.87. The third kappa shape index (κ3) is 4.37. The lowest BCUT2D eigenvalue weighted by molar-refractivity contribution is -0.137. The van der Waals surface area contributed by atoms with E-state index in [1.165, 1.54) is 6.07 Å². The number of hydrogen-bond acceptors (Lipinski definition) is 4. The van der Waals surface area contributed by atoms with Gasteiger partial charge in [-0.3, -0.25) is 9.69 Å². The number of fused-ring (bicyclic) bond motifs is 1. The van der Waals surface area contributed by atoms with E-state index in [9.17, 15) is 9.18 Å². The van der Waals surface area contributed by atoms with E-state index in [2.05, 4.69) is 28.9 Å². The monoisotopic (exact) mass is 359 g/mol. The van der Waals surface area contributed by atoms with Gasteiger partial charge in [-0.25, -0.2) is 9.37 Å². The Morgan fingerprint density at radius 2 is 2.15 bits per heavy atom. The molecular weight excluding hydrogens is 333 g/mol. The quantitative estimate of drug-likeness (QED) is 0.859. The molecule has 0 saturated carbocycles. The first-order valence-electron chi connectivity index (χ1n) is 9.09. The van der Waals surface area contributed by atoms with Gasteiger partial charge in [0.15, 0.2) is 0 Å². The molecule has 0 radical (unpaired) electrons. The van der Waals surface area contributed by atoms with E-state index in [1.54, 1.807) is 6.07 Å². The van der Waals surface area contributed by atoms with Crippen molar-refractivity contribution >= 4 is 16.9 Å². The number of pyridine rings is 1. The maximum Gasteiger partial charge on any atom is 0.303 e. The second-order valence-corrected chi connectivity index (χ2v) is 7.36. The first kappa shape index (κ1) is 18.7. The number of aliphatic carboxylic acids is 1. The zero-order chi connectivity index (χ0) is 18.7. The van der Waals surface area contributed by atoms with E-state index in [1.807, 2.05) is 18.2 Å². The predicted molar refractivity (Wildman–Crippen MR) is 99.4 cm³/mol. The molecule has 1 aliphatic heterocycles. The highest BCUT2D eigenvalue weighted by Crippen LogP contribution is 2.26. The fourth-order valence-corrected chi connectivity index (χ4v) is 3.98. The topological polar surface area (TPSA) is 56.7 Å². The van der Waals surface area contributed by atoms with Crippen molar-refractivity contribution in [2.45, 2.75) is 31.8 Å². The number of carboxylic acids is 1. The van der Waals surface area contributed by atoms with Gasteiger partial charge in [0, 0.05) is 37.5 Å². The summed E-state index contributed by atoms with van der Waals surface area (Å²) < 4.78 is 14.0. The second-order valence-electron chi connectivity index (χ2n) is 7.36. The van der Waals surface area contributed by atoms with E-state index < -0.39 is 5.97 Å². The molecule has 1 fully saturated rings. The van der Waals surface area contributed by atoms with E-state index in [0.29, 0.717) is 30.4 Å². The molecule has 2 aromatic rings. The smallest absolute Gasteiger partial charge is 0.303 e. The molecule has 0 aliphatic carbocycles. The van der Waals surface area contributed by atoms with Crippen LogP contribution >= 0.6 is 0 Å². The third-order valence-corrected chi connectivity index (χ3v) is 5.28. The van der Waals surface area contributed by atoms with Crippen molar-refractivity contribution in [3.63, 3.8) is 0 Å². The van der Waals surface area contributed by atoms with Gasteiger partial charge in [-0.15, -0.1) is 0 Å². The van der Waals surface area contributed by atoms with Crippen LogP contribution in [-0.4, -0.2) is 59.1 Å². The fourth-order valence-electron chi connectivity index (χ4n) is 3.98. The Balaban J connectivity index is 1.71. The highest BCUT2D eigenvalue weighted by Gasteiger charge is 2.30. The maximum absolute atomic E-state index is 14.0. The molecule has 0 bridgehead atoms. The van der Waals surface area contributed by atoms with Gasteiger partial charge < -0.3 is 10.0 Å². The minimum absolute atomic E-state index is 0.197. The summed E-state index contributed by atoms with van der Waals surface area (Å²) in [5.41, 5.74) is 1.26. The number of hydrogen-bond donors (Lipinski definition) is 1. The molecule has 1 aromatic carbocycles. The Morgan fingerprint density at radius 1 is 1.35 bits per heavy atom. The lowest BCUT2D eigenvalue weighted by Crippen LogP contribution is -2.48. The average Bonchev–Trinajstić information content (AvgIpc) is 2.60. The van der Waals surface area contributed by atoms with Crippen molar-refractivity contribution in [3.8, 4) is 0 Å². The van der Waals surface area contributed by atoms with Crippen LogP contribution in [-0.2, 0) is 11.3 Å². The normalized spacial score (nSPS) is 21.4. The molecule has 0 amide bonds. The zero-order valence-corrected chi connectivity index (χ0v) is 15.4. The molecule has 5 nitrogen and oxygen atoms in total. The van der Waals surface area contributed by atoms with Crippen LogP contribution in [0.4, 0.5) is 4.39 Å². The van der Waals surface area contributed by atoms with Gasteiger partial charge in [0.2, 0.25) is 0 Å². The van der Waals surface area contributed by atoms with Crippen LogP contribution in [0.1, 0.15) is 25.0 Å². The number of para-hydroxylation sites is 1. The number of carbonyl (C=O) groups is 1. The van der Waals surface area contributed by atoms with Gasteiger partial charge in [-0.2, -0.15) is 0 Å². The molecule has 1 aliphatic rings. The Morgan fingerprint density at radius 3 is 2.88 bits per heavy atom. The fraction of sp³-hybridized carbons (Fsp3) is 0.500. The number of rotatable bonds is 6. The van der Waals surface area contributed by atoms with Crippen LogP contribution in [0.3, 0.4) is 0 Å². The first-order chi connectivity index (χ1) is 12.4. The Hall–Kier alpha value is -2.05. The van der Waals surface area contributed by atoms with E-state index in [4.69, 9.17) is 5.11 Å². The highest BCUT2D eigenvalue weighted by molar-refractivity contribution is 5.79. The van der Waals surface area contributed by atoms with Crippen molar-refractivity contribution in [2.24, 2.45) is 5.92 Å². The molecule has 2 atom stereocenters. The van der Waals surface area contributed by atoms with Gasteiger partial charge >= 0.3 is 5.97 Å². The molecule has 1 saturated heterocycles. The van der Waals surface area contributed by atoms with Crippen LogP contribution in [0.2, 0.25) is 0 Å². The average molecular weight is 359 g/mol. The molecule has 2 heterocycles. The summed E-state index contributed by atoms with van der Waals surface area (Å²) in [6, 6.07) is 9.25. The van der Waals surface area contributed by atoms with E-state index >= 15 is 0 Å². The molecular formula is C20H26FN3O2. The molecule has 26 heavy (non-hydrogen) atoms. The zero-order valence-electron chi connectivity index (χ0n) is 15.4. The molecule has 0 unspecified atom stereocenters. The molecule has 0 spiro atoms. The Kier molecular flexibility index (Phi) is 5.84. The molecule has 6 heteroatoms. The molecule has 140 valence electrons. The Labute approximate surface area is 153 Å².